The first-order valence-corrected chi connectivity index (χ1v) is 9.17. The van der Waals surface area contributed by atoms with Crippen LogP contribution in [-0.4, -0.2) is 30.6 Å². The molecule has 1 heterocycles. The minimum absolute atomic E-state index is 0.470. The zero-order chi connectivity index (χ0) is 15.2. The molecule has 1 aromatic carbocycles. The van der Waals surface area contributed by atoms with Crippen LogP contribution in [-0.2, 0) is 0 Å². The fourth-order valence-electron chi connectivity index (χ4n) is 3.37. The van der Waals surface area contributed by atoms with Gasteiger partial charge in [-0.3, -0.25) is 0 Å². The van der Waals surface area contributed by atoms with Gasteiger partial charge in [0.05, 0.1) is 0 Å². The molecule has 1 aromatic rings. The maximum absolute atomic E-state index is 3.87. The molecular weight excluding hydrogens is 324 g/mol. The number of hydrogen-bond donors (Lipinski definition) is 1. The molecule has 0 saturated carbocycles. The van der Waals surface area contributed by atoms with E-state index in [0.29, 0.717) is 12.1 Å². The van der Waals surface area contributed by atoms with E-state index in [0.717, 1.165) is 16.8 Å². The average Bonchev–Trinajstić information content (AvgIpc) is 2.53. The van der Waals surface area contributed by atoms with E-state index in [9.17, 15) is 0 Å². The third-order valence-corrected chi connectivity index (χ3v) is 5.46. The number of halogens is 1. The van der Waals surface area contributed by atoms with E-state index in [2.05, 4.69) is 71.2 Å². The van der Waals surface area contributed by atoms with Gasteiger partial charge in [0.2, 0.25) is 0 Å². The van der Waals surface area contributed by atoms with Gasteiger partial charge in [-0.05, 0) is 69.4 Å². The number of piperidine rings is 1. The Morgan fingerprint density at radius 2 is 1.81 bits per heavy atom. The molecule has 1 fully saturated rings. The van der Waals surface area contributed by atoms with Gasteiger partial charge in [0, 0.05) is 16.6 Å². The molecule has 0 amide bonds. The summed E-state index contributed by atoms with van der Waals surface area (Å²) in [6.45, 7) is 10.6. The Balaban J connectivity index is 1.90. The summed E-state index contributed by atoms with van der Waals surface area (Å²) in [7, 11) is 0. The molecule has 2 rings (SSSR count). The van der Waals surface area contributed by atoms with Crippen LogP contribution in [0.3, 0.4) is 0 Å². The molecule has 1 N–H and O–H groups in total. The molecule has 1 aliphatic heterocycles. The Labute approximate surface area is 138 Å². The largest absolute Gasteiger partial charge is 0.307 e. The quantitative estimate of drug-likeness (QED) is 0.803. The lowest BCUT2D eigenvalue weighted by Gasteiger charge is -2.36. The van der Waals surface area contributed by atoms with Gasteiger partial charge in [0.25, 0.3) is 0 Å². The third kappa shape index (κ3) is 4.80. The van der Waals surface area contributed by atoms with Crippen molar-refractivity contribution in [1.29, 1.82) is 0 Å². The highest BCUT2D eigenvalue weighted by molar-refractivity contribution is 9.10. The molecule has 2 unspecified atom stereocenters. The van der Waals surface area contributed by atoms with Gasteiger partial charge in [0.1, 0.15) is 0 Å². The lowest BCUT2D eigenvalue weighted by molar-refractivity contribution is 0.164. The zero-order valence-corrected chi connectivity index (χ0v) is 15.2. The first-order valence-electron chi connectivity index (χ1n) is 8.37. The molecule has 118 valence electrons. The van der Waals surface area contributed by atoms with Crippen LogP contribution in [0, 0.1) is 5.92 Å². The van der Waals surface area contributed by atoms with Crippen LogP contribution in [0.1, 0.15) is 51.6 Å². The zero-order valence-electron chi connectivity index (χ0n) is 13.6. The molecule has 1 saturated heterocycles. The first-order chi connectivity index (χ1) is 10.1. The summed E-state index contributed by atoms with van der Waals surface area (Å²) in [6.07, 6.45) is 3.80. The van der Waals surface area contributed by atoms with Gasteiger partial charge >= 0.3 is 0 Å². The molecule has 21 heavy (non-hydrogen) atoms. The summed E-state index contributed by atoms with van der Waals surface area (Å²) in [5.74, 6) is 0.817. The minimum atomic E-state index is 0.470. The van der Waals surface area contributed by atoms with Crippen LogP contribution in [0.15, 0.2) is 28.7 Å². The van der Waals surface area contributed by atoms with Gasteiger partial charge in [-0.2, -0.15) is 0 Å². The van der Waals surface area contributed by atoms with Crippen molar-refractivity contribution in [2.45, 2.75) is 52.1 Å². The smallest absolute Gasteiger partial charge is 0.0320 e. The van der Waals surface area contributed by atoms with E-state index in [1.165, 1.54) is 38.0 Å². The highest BCUT2D eigenvalue weighted by atomic mass is 79.9. The molecule has 0 aliphatic carbocycles. The highest BCUT2D eigenvalue weighted by Crippen LogP contribution is 2.25. The van der Waals surface area contributed by atoms with Crippen molar-refractivity contribution in [3.8, 4) is 0 Å². The van der Waals surface area contributed by atoms with Crippen LogP contribution in [0.2, 0.25) is 0 Å². The fraction of sp³-hybridized carbons (Fsp3) is 0.667. The van der Waals surface area contributed by atoms with Crippen LogP contribution >= 0.6 is 15.9 Å². The normalized spacial score (nSPS) is 20.4. The predicted molar refractivity (Wildman–Crippen MR) is 94.6 cm³/mol. The highest BCUT2D eigenvalue weighted by Gasteiger charge is 2.24. The Morgan fingerprint density at radius 3 is 2.33 bits per heavy atom. The molecule has 1 aliphatic rings. The van der Waals surface area contributed by atoms with Crippen molar-refractivity contribution in [1.82, 2.24) is 10.2 Å². The fourth-order valence-corrected chi connectivity index (χ4v) is 3.63. The third-order valence-electron chi connectivity index (χ3n) is 4.93. The Kier molecular flexibility index (Phi) is 6.72. The van der Waals surface area contributed by atoms with E-state index < -0.39 is 0 Å². The molecule has 0 bridgehead atoms. The summed E-state index contributed by atoms with van der Waals surface area (Å²) in [4.78, 5) is 2.56. The van der Waals surface area contributed by atoms with E-state index in [-0.39, 0.29) is 0 Å². The summed E-state index contributed by atoms with van der Waals surface area (Å²) in [5.41, 5.74) is 1.40. The first kappa shape index (κ1) is 17.0. The second-order valence-electron chi connectivity index (χ2n) is 6.24. The van der Waals surface area contributed by atoms with Crippen molar-refractivity contribution in [2.24, 2.45) is 5.92 Å². The SMILES string of the molecule is CCC(NC(C)C1CCN(CC)CC1)c1ccc(Br)cc1. The van der Waals surface area contributed by atoms with Gasteiger partial charge < -0.3 is 10.2 Å². The average molecular weight is 353 g/mol. The second kappa shape index (κ2) is 8.30. The van der Waals surface area contributed by atoms with Crippen LogP contribution in [0.4, 0.5) is 0 Å². The Bertz CT molecular complexity index is 410. The number of rotatable bonds is 6. The van der Waals surface area contributed by atoms with Crippen molar-refractivity contribution in [3.05, 3.63) is 34.3 Å². The summed E-state index contributed by atoms with van der Waals surface area (Å²) in [6, 6.07) is 9.82. The van der Waals surface area contributed by atoms with E-state index in [4.69, 9.17) is 0 Å². The summed E-state index contributed by atoms with van der Waals surface area (Å²) < 4.78 is 1.15. The second-order valence-corrected chi connectivity index (χ2v) is 7.16. The maximum atomic E-state index is 3.87. The Hall–Kier alpha value is -0.380. The maximum Gasteiger partial charge on any atom is 0.0320 e. The predicted octanol–water partition coefficient (Wildman–Crippen LogP) is 4.61. The Morgan fingerprint density at radius 1 is 1.19 bits per heavy atom. The molecule has 0 spiro atoms. The lowest BCUT2D eigenvalue weighted by atomic mass is 9.89. The number of benzene rings is 1. The molecule has 0 radical (unpaired) electrons. The molecule has 0 aromatic heterocycles. The monoisotopic (exact) mass is 352 g/mol. The minimum Gasteiger partial charge on any atom is -0.307 e. The summed E-state index contributed by atoms with van der Waals surface area (Å²) in [5, 5.41) is 3.87. The number of nitrogens with one attached hydrogen (secondary N) is 1. The number of nitrogens with zero attached hydrogens (tertiary/aromatic N) is 1. The summed E-state index contributed by atoms with van der Waals surface area (Å²) >= 11 is 3.52. The molecule has 2 nitrogen and oxygen atoms in total. The molecule has 3 heteroatoms. The lowest BCUT2D eigenvalue weighted by Crippen LogP contribution is -2.42. The van der Waals surface area contributed by atoms with Crippen LogP contribution < -0.4 is 5.32 Å². The van der Waals surface area contributed by atoms with E-state index in [1.807, 2.05) is 0 Å². The molecule has 2 atom stereocenters. The van der Waals surface area contributed by atoms with Crippen molar-refractivity contribution >= 4 is 15.9 Å². The van der Waals surface area contributed by atoms with E-state index >= 15 is 0 Å². The number of likely N-dealkylation sites (tertiary alicyclic amines) is 1. The van der Waals surface area contributed by atoms with Crippen LogP contribution in [0.5, 0.6) is 0 Å². The van der Waals surface area contributed by atoms with Crippen molar-refractivity contribution in [3.63, 3.8) is 0 Å². The van der Waals surface area contributed by atoms with Gasteiger partial charge in [0.15, 0.2) is 0 Å². The van der Waals surface area contributed by atoms with E-state index in [1.54, 1.807) is 0 Å². The van der Waals surface area contributed by atoms with Gasteiger partial charge in [-0.15, -0.1) is 0 Å². The molecular formula is C18H29BrN2. The number of hydrogen-bond acceptors (Lipinski definition) is 2. The van der Waals surface area contributed by atoms with Crippen LogP contribution in [0.25, 0.3) is 0 Å². The standard InChI is InChI=1S/C18H29BrN2/c1-4-18(16-6-8-17(19)9-7-16)20-14(3)15-10-12-21(5-2)13-11-15/h6-9,14-15,18,20H,4-5,10-13H2,1-3H3. The topological polar surface area (TPSA) is 15.3 Å². The van der Waals surface area contributed by atoms with Crippen molar-refractivity contribution in [2.75, 3.05) is 19.6 Å². The van der Waals surface area contributed by atoms with Gasteiger partial charge in [-0.1, -0.05) is 41.9 Å². The van der Waals surface area contributed by atoms with Crippen molar-refractivity contribution < 1.29 is 0 Å². The van der Waals surface area contributed by atoms with Gasteiger partial charge in [-0.25, -0.2) is 0 Å².